The van der Waals surface area contributed by atoms with Gasteiger partial charge in [0.15, 0.2) is 0 Å². The van der Waals surface area contributed by atoms with Crippen molar-refractivity contribution in [2.45, 2.75) is 6.54 Å². The molecule has 0 fully saturated rings. The van der Waals surface area contributed by atoms with Crippen LogP contribution in [-0.2, 0) is 11.3 Å². The van der Waals surface area contributed by atoms with E-state index >= 15 is 0 Å². The van der Waals surface area contributed by atoms with Gasteiger partial charge in [-0.25, -0.2) is 4.98 Å². The van der Waals surface area contributed by atoms with Gasteiger partial charge in [-0.1, -0.05) is 18.2 Å². The predicted molar refractivity (Wildman–Crippen MR) is 78.9 cm³/mol. The standard InChI is InChI=1S/C15H12N4O2/c20-13(9-19-10-16-8-6-14(19)21)18-12-5-1-3-11-4-2-7-17-15(11)12/h1-8,10H,9H2,(H,18,20). The summed E-state index contributed by atoms with van der Waals surface area (Å²) < 4.78 is 1.24. The van der Waals surface area contributed by atoms with E-state index in [1.807, 2.05) is 24.3 Å². The molecule has 0 aliphatic carbocycles. The normalized spacial score (nSPS) is 10.5. The molecule has 0 unspecified atom stereocenters. The Morgan fingerprint density at radius 2 is 2.00 bits per heavy atom. The van der Waals surface area contributed by atoms with E-state index in [9.17, 15) is 9.59 Å². The Balaban J connectivity index is 1.84. The van der Waals surface area contributed by atoms with Crippen LogP contribution < -0.4 is 10.9 Å². The lowest BCUT2D eigenvalue weighted by Gasteiger charge is -2.08. The van der Waals surface area contributed by atoms with Crippen LogP contribution in [0.1, 0.15) is 0 Å². The highest BCUT2D eigenvalue weighted by Gasteiger charge is 2.08. The van der Waals surface area contributed by atoms with Gasteiger partial charge in [0.1, 0.15) is 6.54 Å². The van der Waals surface area contributed by atoms with Crippen molar-refractivity contribution in [1.29, 1.82) is 0 Å². The first-order valence-corrected chi connectivity index (χ1v) is 6.38. The molecule has 1 amide bonds. The summed E-state index contributed by atoms with van der Waals surface area (Å²) in [6.45, 7) is -0.0874. The number of rotatable bonds is 3. The summed E-state index contributed by atoms with van der Waals surface area (Å²) in [5, 5.41) is 3.71. The van der Waals surface area contributed by atoms with Gasteiger partial charge in [0.05, 0.1) is 17.5 Å². The number of carbonyl (C=O) groups excluding carboxylic acids is 1. The third kappa shape index (κ3) is 2.79. The average molecular weight is 280 g/mol. The summed E-state index contributed by atoms with van der Waals surface area (Å²) in [5.41, 5.74) is 1.07. The molecule has 2 aromatic heterocycles. The number of anilines is 1. The van der Waals surface area contributed by atoms with Crippen molar-refractivity contribution in [1.82, 2.24) is 14.5 Å². The number of hydrogen-bond donors (Lipinski definition) is 1. The SMILES string of the molecule is O=C(Cn1cnccc1=O)Nc1cccc2cccnc12. The Labute approximate surface area is 120 Å². The molecule has 21 heavy (non-hydrogen) atoms. The molecule has 0 radical (unpaired) electrons. The lowest BCUT2D eigenvalue weighted by Crippen LogP contribution is -2.27. The highest BCUT2D eigenvalue weighted by Crippen LogP contribution is 2.20. The Bertz CT molecular complexity index is 852. The fourth-order valence-electron chi connectivity index (χ4n) is 2.05. The molecule has 6 heteroatoms. The zero-order chi connectivity index (χ0) is 14.7. The van der Waals surface area contributed by atoms with Crippen LogP contribution in [0.5, 0.6) is 0 Å². The molecule has 1 aromatic carbocycles. The van der Waals surface area contributed by atoms with Crippen molar-refractivity contribution in [2.75, 3.05) is 5.32 Å². The van der Waals surface area contributed by atoms with E-state index in [2.05, 4.69) is 15.3 Å². The van der Waals surface area contributed by atoms with Gasteiger partial charge in [0, 0.05) is 23.8 Å². The molecule has 104 valence electrons. The largest absolute Gasteiger partial charge is 0.323 e. The van der Waals surface area contributed by atoms with E-state index in [1.165, 1.54) is 23.2 Å². The number of pyridine rings is 1. The highest BCUT2D eigenvalue weighted by atomic mass is 16.2. The van der Waals surface area contributed by atoms with Crippen LogP contribution in [0.4, 0.5) is 5.69 Å². The van der Waals surface area contributed by atoms with Crippen molar-refractivity contribution in [3.63, 3.8) is 0 Å². The first kappa shape index (κ1) is 13.0. The zero-order valence-electron chi connectivity index (χ0n) is 11.1. The van der Waals surface area contributed by atoms with E-state index in [4.69, 9.17) is 0 Å². The van der Waals surface area contributed by atoms with E-state index in [-0.39, 0.29) is 18.0 Å². The second-order valence-electron chi connectivity index (χ2n) is 4.48. The maximum absolute atomic E-state index is 12.1. The van der Waals surface area contributed by atoms with Gasteiger partial charge in [-0.15, -0.1) is 0 Å². The average Bonchev–Trinajstić information content (AvgIpc) is 2.50. The van der Waals surface area contributed by atoms with Gasteiger partial charge < -0.3 is 5.32 Å². The van der Waals surface area contributed by atoms with Crippen LogP contribution in [-0.4, -0.2) is 20.4 Å². The molecule has 2 heterocycles. The minimum Gasteiger partial charge on any atom is -0.323 e. The topological polar surface area (TPSA) is 76.9 Å². The lowest BCUT2D eigenvalue weighted by atomic mass is 10.2. The van der Waals surface area contributed by atoms with Gasteiger partial charge in [-0.3, -0.25) is 19.1 Å². The van der Waals surface area contributed by atoms with Crippen LogP contribution in [0.3, 0.4) is 0 Å². The number of nitrogens with zero attached hydrogens (tertiary/aromatic N) is 3. The third-order valence-corrected chi connectivity index (χ3v) is 3.01. The number of hydrogen-bond acceptors (Lipinski definition) is 4. The maximum atomic E-state index is 12.1. The predicted octanol–water partition coefficient (Wildman–Crippen LogP) is 1.43. The molecule has 3 rings (SSSR count). The molecule has 3 aromatic rings. The quantitative estimate of drug-likeness (QED) is 0.787. The molecule has 0 bridgehead atoms. The second-order valence-corrected chi connectivity index (χ2v) is 4.48. The summed E-state index contributed by atoms with van der Waals surface area (Å²) in [6, 6.07) is 10.6. The van der Waals surface area contributed by atoms with Crippen LogP contribution >= 0.6 is 0 Å². The fourth-order valence-corrected chi connectivity index (χ4v) is 2.05. The monoisotopic (exact) mass is 280 g/mol. The van der Waals surface area contributed by atoms with E-state index in [1.54, 1.807) is 12.3 Å². The Hall–Kier alpha value is -3.02. The molecule has 0 aliphatic heterocycles. The lowest BCUT2D eigenvalue weighted by molar-refractivity contribution is -0.116. The molecule has 6 nitrogen and oxygen atoms in total. The van der Waals surface area contributed by atoms with Gasteiger partial charge in [0.25, 0.3) is 5.56 Å². The van der Waals surface area contributed by atoms with E-state index in [0.29, 0.717) is 11.2 Å². The number of para-hydroxylation sites is 1. The van der Waals surface area contributed by atoms with E-state index < -0.39 is 0 Å². The second kappa shape index (κ2) is 5.54. The maximum Gasteiger partial charge on any atom is 0.253 e. The smallest absolute Gasteiger partial charge is 0.253 e. The van der Waals surface area contributed by atoms with Crippen LogP contribution in [0, 0.1) is 0 Å². The molecule has 0 saturated carbocycles. The van der Waals surface area contributed by atoms with Gasteiger partial charge in [0.2, 0.25) is 5.91 Å². The minimum atomic E-state index is -0.303. The Morgan fingerprint density at radius 1 is 1.14 bits per heavy atom. The minimum absolute atomic E-state index is 0.0874. The highest BCUT2D eigenvalue weighted by molar-refractivity contribution is 6.00. The van der Waals surface area contributed by atoms with Crippen LogP contribution in [0.25, 0.3) is 10.9 Å². The first-order valence-electron chi connectivity index (χ1n) is 6.38. The first-order chi connectivity index (χ1) is 10.2. The number of aromatic nitrogens is 3. The number of carbonyl (C=O) groups is 1. The van der Waals surface area contributed by atoms with Crippen LogP contribution in [0.2, 0.25) is 0 Å². The van der Waals surface area contributed by atoms with Crippen molar-refractivity contribution in [2.24, 2.45) is 0 Å². The summed E-state index contributed by atoms with van der Waals surface area (Å²) in [7, 11) is 0. The summed E-state index contributed by atoms with van der Waals surface area (Å²) >= 11 is 0. The molecule has 0 spiro atoms. The Morgan fingerprint density at radius 3 is 2.86 bits per heavy atom. The third-order valence-electron chi connectivity index (χ3n) is 3.01. The summed E-state index contributed by atoms with van der Waals surface area (Å²) in [6.07, 6.45) is 4.40. The molecule has 0 saturated heterocycles. The van der Waals surface area contributed by atoms with Gasteiger partial charge in [-0.2, -0.15) is 0 Å². The zero-order valence-corrected chi connectivity index (χ0v) is 11.1. The van der Waals surface area contributed by atoms with Crippen LogP contribution in [0.15, 0.2) is 59.9 Å². The molecule has 1 N–H and O–H groups in total. The number of amides is 1. The van der Waals surface area contributed by atoms with Crippen molar-refractivity contribution in [3.05, 3.63) is 65.5 Å². The van der Waals surface area contributed by atoms with Gasteiger partial charge in [-0.05, 0) is 12.1 Å². The van der Waals surface area contributed by atoms with Crippen molar-refractivity contribution < 1.29 is 4.79 Å². The van der Waals surface area contributed by atoms with E-state index in [0.717, 1.165) is 5.39 Å². The van der Waals surface area contributed by atoms with Crippen molar-refractivity contribution >= 4 is 22.5 Å². The molecule has 0 atom stereocenters. The summed E-state index contributed by atoms with van der Waals surface area (Å²) in [5.74, 6) is -0.303. The summed E-state index contributed by atoms with van der Waals surface area (Å²) in [4.78, 5) is 31.7. The molecule has 0 aliphatic rings. The van der Waals surface area contributed by atoms with Crippen molar-refractivity contribution in [3.8, 4) is 0 Å². The number of fused-ring (bicyclic) bond motifs is 1. The molecular formula is C15H12N4O2. The molecular weight excluding hydrogens is 268 g/mol. The Kier molecular flexibility index (Phi) is 3.42. The van der Waals surface area contributed by atoms with Gasteiger partial charge >= 0.3 is 0 Å². The fraction of sp³-hybridized carbons (Fsp3) is 0.0667. The number of benzene rings is 1. The number of nitrogens with one attached hydrogen (secondary N) is 1.